The zero-order valence-corrected chi connectivity index (χ0v) is 19.7. The minimum atomic E-state index is -0.250. The fourth-order valence-corrected chi connectivity index (χ4v) is 2.50. The molecule has 0 aromatic heterocycles. The molecule has 2 aromatic rings. The van der Waals surface area contributed by atoms with E-state index in [1.165, 1.54) is 7.11 Å². The van der Waals surface area contributed by atoms with Crippen LogP contribution in [0.25, 0.3) is 0 Å². The van der Waals surface area contributed by atoms with E-state index in [0.29, 0.717) is 26.4 Å². The topological polar surface area (TPSA) is 83.5 Å². The van der Waals surface area contributed by atoms with Crippen molar-refractivity contribution in [3.05, 3.63) is 59.7 Å². The first-order chi connectivity index (χ1) is 15.4. The van der Waals surface area contributed by atoms with Crippen molar-refractivity contribution < 1.29 is 33.6 Å². The van der Waals surface area contributed by atoms with E-state index in [1.807, 2.05) is 55.5 Å². The Morgan fingerprint density at radius 3 is 1.59 bits per heavy atom. The van der Waals surface area contributed by atoms with Gasteiger partial charge in [0.25, 0.3) is 0 Å². The van der Waals surface area contributed by atoms with Crippen molar-refractivity contribution in [2.24, 2.45) is 11.8 Å². The number of methoxy groups -OCH3 is 3. The third-order valence-electron chi connectivity index (χ3n) is 4.54. The van der Waals surface area contributed by atoms with Crippen molar-refractivity contribution in [1.29, 1.82) is 0 Å². The summed E-state index contributed by atoms with van der Waals surface area (Å²) in [6.45, 7) is 5.90. The molecule has 7 heteroatoms. The number of hydrogen-bond acceptors (Lipinski definition) is 7. The minimum Gasteiger partial charge on any atom is -0.497 e. The number of carbonyl (C=O) groups is 1. The second-order valence-corrected chi connectivity index (χ2v) is 7.44. The Morgan fingerprint density at radius 2 is 1.22 bits per heavy atom. The summed E-state index contributed by atoms with van der Waals surface area (Å²) in [7, 11) is 4.65. The minimum absolute atomic E-state index is 0.169. The lowest BCUT2D eigenvalue weighted by Gasteiger charge is -2.10. The number of esters is 1. The van der Waals surface area contributed by atoms with Crippen LogP contribution in [-0.2, 0) is 32.2 Å². The van der Waals surface area contributed by atoms with Crippen LogP contribution in [0, 0.1) is 11.8 Å². The van der Waals surface area contributed by atoms with Crippen LogP contribution in [0.5, 0.6) is 11.5 Å². The molecule has 0 aliphatic carbocycles. The van der Waals surface area contributed by atoms with E-state index >= 15 is 0 Å². The van der Waals surface area contributed by atoms with Crippen molar-refractivity contribution in [2.75, 3.05) is 41.2 Å². The maximum absolute atomic E-state index is 11.1. The van der Waals surface area contributed by atoms with Gasteiger partial charge in [-0.3, -0.25) is 4.79 Å². The highest BCUT2D eigenvalue weighted by Gasteiger charge is 2.12. The van der Waals surface area contributed by atoms with E-state index in [1.54, 1.807) is 21.1 Å². The Bertz CT molecular complexity index is 744. The van der Waals surface area contributed by atoms with Gasteiger partial charge in [-0.25, -0.2) is 0 Å². The van der Waals surface area contributed by atoms with Crippen molar-refractivity contribution in [2.45, 2.75) is 27.1 Å². The Hall–Kier alpha value is -2.61. The molecule has 1 N–H and O–H groups in total. The van der Waals surface area contributed by atoms with E-state index in [0.717, 1.165) is 22.6 Å². The first kappa shape index (κ1) is 27.4. The number of aliphatic hydroxyl groups is 1. The molecule has 2 rings (SSSR count). The molecule has 0 bridgehead atoms. The molecule has 0 unspecified atom stereocenters. The van der Waals surface area contributed by atoms with Crippen LogP contribution in [0.2, 0.25) is 0 Å². The molecule has 32 heavy (non-hydrogen) atoms. The van der Waals surface area contributed by atoms with E-state index in [2.05, 4.69) is 4.74 Å². The zero-order valence-electron chi connectivity index (χ0n) is 19.7. The summed E-state index contributed by atoms with van der Waals surface area (Å²) in [6.07, 6.45) is 0. The molecule has 2 aromatic carbocycles. The second kappa shape index (κ2) is 16.1. The van der Waals surface area contributed by atoms with E-state index < -0.39 is 0 Å². The van der Waals surface area contributed by atoms with Crippen LogP contribution < -0.4 is 9.47 Å². The number of benzene rings is 2. The van der Waals surface area contributed by atoms with Crippen molar-refractivity contribution in [1.82, 2.24) is 0 Å². The largest absolute Gasteiger partial charge is 0.497 e. The molecule has 0 radical (unpaired) electrons. The summed E-state index contributed by atoms with van der Waals surface area (Å²) in [5, 5.41) is 8.80. The fourth-order valence-electron chi connectivity index (χ4n) is 2.50. The first-order valence-electron chi connectivity index (χ1n) is 10.5. The average molecular weight is 449 g/mol. The number of rotatable bonds is 12. The van der Waals surface area contributed by atoms with Gasteiger partial charge in [-0.15, -0.1) is 0 Å². The summed E-state index contributed by atoms with van der Waals surface area (Å²) in [5.41, 5.74) is 2.16. The summed E-state index contributed by atoms with van der Waals surface area (Å²) < 4.78 is 25.6. The Labute approximate surface area is 191 Å². The van der Waals surface area contributed by atoms with Crippen LogP contribution in [0.3, 0.4) is 0 Å². The zero-order chi connectivity index (χ0) is 23.8. The molecule has 0 saturated carbocycles. The van der Waals surface area contributed by atoms with Gasteiger partial charge < -0.3 is 28.8 Å². The molecular formula is C25H36O7. The molecule has 7 nitrogen and oxygen atoms in total. The molecule has 0 aliphatic heterocycles. The Balaban J connectivity index is 0.000000323. The third kappa shape index (κ3) is 11.1. The van der Waals surface area contributed by atoms with Gasteiger partial charge in [0.15, 0.2) is 0 Å². The van der Waals surface area contributed by atoms with Crippen LogP contribution in [0.4, 0.5) is 0 Å². The quantitative estimate of drug-likeness (QED) is 0.494. The first-order valence-corrected chi connectivity index (χ1v) is 10.5. The Morgan fingerprint density at radius 1 is 0.781 bits per heavy atom. The van der Waals surface area contributed by atoms with E-state index in [4.69, 9.17) is 24.1 Å². The summed E-state index contributed by atoms with van der Waals surface area (Å²) in [4.78, 5) is 11.1. The molecule has 0 heterocycles. The van der Waals surface area contributed by atoms with Gasteiger partial charge in [0.2, 0.25) is 0 Å². The molecule has 0 spiro atoms. The number of aliphatic hydroxyl groups excluding tert-OH is 1. The van der Waals surface area contributed by atoms with Crippen LogP contribution in [0.15, 0.2) is 48.5 Å². The average Bonchev–Trinajstić information content (AvgIpc) is 2.84. The number of ether oxygens (including phenoxy) is 5. The molecule has 0 aliphatic rings. The van der Waals surface area contributed by atoms with Gasteiger partial charge in [0.05, 0.1) is 53.7 Å². The van der Waals surface area contributed by atoms with Gasteiger partial charge >= 0.3 is 5.97 Å². The standard InChI is InChI=1S/C13H18O4.C12H18O3/c1-10(13(14)16-3)8-17-9-11-4-6-12(15-2)7-5-11;1-10(7-13)8-15-9-11-3-5-12(14-2)6-4-11/h4-7,10H,8-9H2,1-3H3;3-6,10,13H,7-9H2,1-2H3/t2*10-/m01/s1. The molecule has 2 atom stereocenters. The maximum atomic E-state index is 11.1. The van der Waals surface area contributed by atoms with Crippen molar-refractivity contribution in [3.8, 4) is 11.5 Å². The highest BCUT2D eigenvalue weighted by molar-refractivity contribution is 5.71. The monoisotopic (exact) mass is 448 g/mol. The van der Waals surface area contributed by atoms with Crippen LogP contribution >= 0.6 is 0 Å². The predicted molar refractivity (Wildman–Crippen MR) is 123 cm³/mol. The Kier molecular flexibility index (Phi) is 13.8. The van der Waals surface area contributed by atoms with E-state index in [-0.39, 0.29) is 24.4 Å². The number of hydrogen-bond donors (Lipinski definition) is 1. The highest BCUT2D eigenvalue weighted by atomic mass is 16.5. The number of carbonyl (C=O) groups excluding carboxylic acids is 1. The van der Waals surface area contributed by atoms with Gasteiger partial charge in [0.1, 0.15) is 11.5 Å². The van der Waals surface area contributed by atoms with Gasteiger partial charge in [-0.1, -0.05) is 31.2 Å². The summed E-state index contributed by atoms with van der Waals surface area (Å²) in [5.74, 6) is 1.38. The molecular weight excluding hydrogens is 412 g/mol. The third-order valence-corrected chi connectivity index (χ3v) is 4.54. The van der Waals surface area contributed by atoms with Gasteiger partial charge in [-0.2, -0.15) is 0 Å². The predicted octanol–water partition coefficient (Wildman–Crippen LogP) is 3.86. The van der Waals surface area contributed by atoms with Crippen LogP contribution in [-0.4, -0.2) is 52.2 Å². The SMILES string of the molecule is COC(=O)[C@@H](C)COCc1ccc(OC)cc1.COc1ccc(COC[C@H](C)CO)cc1. The van der Waals surface area contributed by atoms with E-state index in [9.17, 15) is 4.79 Å². The van der Waals surface area contributed by atoms with Crippen LogP contribution in [0.1, 0.15) is 25.0 Å². The molecule has 0 fully saturated rings. The smallest absolute Gasteiger partial charge is 0.310 e. The second-order valence-electron chi connectivity index (χ2n) is 7.44. The summed E-state index contributed by atoms with van der Waals surface area (Å²) in [6, 6.07) is 15.4. The van der Waals surface area contributed by atoms with Crippen molar-refractivity contribution in [3.63, 3.8) is 0 Å². The van der Waals surface area contributed by atoms with Crippen molar-refractivity contribution >= 4 is 5.97 Å². The highest BCUT2D eigenvalue weighted by Crippen LogP contribution is 2.13. The molecule has 178 valence electrons. The molecule has 0 amide bonds. The lowest BCUT2D eigenvalue weighted by Crippen LogP contribution is -2.18. The lowest BCUT2D eigenvalue weighted by atomic mass is 10.2. The fraction of sp³-hybridized carbons (Fsp3) is 0.480. The van der Waals surface area contributed by atoms with Gasteiger partial charge in [0, 0.05) is 12.5 Å². The van der Waals surface area contributed by atoms with Gasteiger partial charge in [-0.05, 0) is 42.3 Å². The lowest BCUT2D eigenvalue weighted by molar-refractivity contribution is -0.147. The molecule has 0 saturated heterocycles. The summed E-state index contributed by atoms with van der Waals surface area (Å²) >= 11 is 0. The normalized spacial score (nSPS) is 12.2. The maximum Gasteiger partial charge on any atom is 0.310 e.